The molecule has 33 heavy (non-hydrogen) atoms. The molecule has 0 radical (unpaired) electrons. The summed E-state index contributed by atoms with van der Waals surface area (Å²) in [6.45, 7) is 1.04. The number of fused-ring (bicyclic) bond motifs is 1. The number of amides is 2. The maximum absolute atomic E-state index is 13.0. The first kappa shape index (κ1) is 22.9. The van der Waals surface area contributed by atoms with Crippen molar-refractivity contribution in [1.29, 1.82) is 0 Å². The smallest absolute Gasteiger partial charge is 0.251 e. The van der Waals surface area contributed by atoms with Gasteiger partial charge < -0.3 is 15.2 Å². The van der Waals surface area contributed by atoms with Gasteiger partial charge in [-0.15, -0.1) is 11.8 Å². The van der Waals surface area contributed by atoms with E-state index in [4.69, 9.17) is 11.6 Å². The molecule has 0 aliphatic rings. The van der Waals surface area contributed by atoms with E-state index in [1.165, 1.54) is 36.0 Å². The Morgan fingerprint density at radius 2 is 1.70 bits per heavy atom. The van der Waals surface area contributed by atoms with E-state index in [-0.39, 0.29) is 23.4 Å². The van der Waals surface area contributed by atoms with Gasteiger partial charge in [0, 0.05) is 51.4 Å². The highest BCUT2D eigenvalue weighted by Crippen LogP contribution is 2.30. The van der Waals surface area contributed by atoms with E-state index in [2.05, 4.69) is 15.2 Å². The summed E-state index contributed by atoms with van der Waals surface area (Å²) in [6.07, 6.45) is 1.99. The fourth-order valence-corrected chi connectivity index (χ4v) is 4.39. The molecule has 0 unspecified atom stereocenters. The highest BCUT2D eigenvalue weighted by atomic mass is 35.5. The molecule has 3 aromatic carbocycles. The van der Waals surface area contributed by atoms with E-state index in [0.29, 0.717) is 29.4 Å². The van der Waals surface area contributed by atoms with Crippen LogP contribution in [-0.2, 0) is 11.3 Å². The van der Waals surface area contributed by atoms with Crippen molar-refractivity contribution in [2.24, 2.45) is 0 Å². The molecule has 2 N–H and O–H groups in total. The number of hydrogen-bond donors (Lipinski definition) is 2. The molecule has 4 rings (SSSR count). The van der Waals surface area contributed by atoms with Crippen molar-refractivity contribution in [3.63, 3.8) is 0 Å². The Balaban J connectivity index is 1.37. The van der Waals surface area contributed by atoms with Crippen LogP contribution in [0, 0.1) is 5.82 Å². The van der Waals surface area contributed by atoms with Gasteiger partial charge in [-0.1, -0.05) is 29.8 Å². The van der Waals surface area contributed by atoms with Gasteiger partial charge in [-0.25, -0.2) is 4.39 Å². The zero-order valence-electron chi connectivity index (χ0n) is 17.6. The molecule has 1 heterocycles. The Morgan fingerprint density at radius 3 is 2.45 bits per heavy atom. The number of anilines is 1. The maximum Gasteiger partial charge on any atom is 0.251 e. The molecule has 0 bridgehead atoms. The summed E-state index contributed by atoms with van der Waals surface area (Å²) >= 11 is 7.31. The first-order valence-corrected chi connectivity index (χ1v) is 11.7. The van der Waals surface area contributed by atoms with Crippen LogP contribution in [0.1, 0.15) is 10.4 Å². The van der Waals surface area contributed by atoms with Crippen molar-refractivity contribution in [3.05, 3.63) is 95.4 Å². The lowest BCUT2D eigenvalue weighted by molar-refractivity contribution is -0.113. The molecule has 2 amide bonds. The minimum Gasteiger partial charge on any atom is -0.350 e. The minimum absolute atomic E-state index is 0.157. The lowest BCUT2D eigenvalue weighted by Crippen LogP contribution is -2.27. The standard InChI is InChI=1S/C25H21ClFN3O2S/c26-18-7-5-17(6-8-18)25(32)28-13-14-30-15-23(21-3-1-2-4-22(21)30)33-16-24(31)29-20-11-9-19(27)10-12-20/h1-12,15H,13-14,16H2,(H,28,32)(H,29,31). The maximum atomic E-state index is 13.0. The van der Waals surface area contributed by atoms with Crippen molar-refractivity contribution in [1.82, 2.24) is 9.88 Å². The SMILES string of the molecule is O=C(CSc1cn(CCNC(=O)c2ccc(Cl)cc2)c2ccccc12)Nc1ccc(F)cc1. The van der Waals surface area contributed by atoms with Crippen molar-refractivity contribution < 1.29 is 14.0 Å². The third-order valence-corrected chi connectivity index (χ3v) is 6.28. The Morgan fingerprint density at radius 1 is 0.970 bits per heavy atom. The minimum atomic E-state index is -0.348. The van der Waals surface area contributed by atoms with E-state index < -0.39 is 0 Å². The third kappa shape index (κ3) is 5.94. The lowest BCUT2D eigenvalue weighted by atomic mass is 10.2. The van der Waals surface area contributed by atoms with E-state index in [9.17, 15) is 14.0 Å². The van der Waals surface area contributed by atoms with Gasteiger partial charge in [-0.3, -0.25) is 9.59 Å². The number of nitrogens with one attached hydrogen (secondary N) is 2. The second-order valence-electron chi connectivity index (χ2n) is 7.31. The quantitative estimate of drug-likeness (QED) is 0.322. The average molecular weight is 482 g/mol. The van der Waals surface area contributed by atoms with Crippen LogP contribution in [0.5, 0.6) is 0 Å². The van der Waals surface area contributed by atoms with E-state index in [1.807, 2.05) is 30.5 Å². The monoisotopic (exact) mass is 481 g/mol. The molecular formula is C25H21ClFN3O2S. The van der Waals surface area contributed by atoms with Crippen LogP contribution >= 0.6 is 23.4 Å². The van der Waals surface area contributed by atoms with Crippen molar-refractivity contribution in [2.75, 3.05) is 17.6 Å². The number of nitrogens with zero attached hydrogens (tertiary/aromatic N) is 1. The summed E-state index contributed by atoms with van der Waals surface area (Å²) < 4.78 is 15.1. The first-order chi connectivity index (χ1) is 16.0. The Labute approximate surface area is 199 Å². The molecule has 0 spiro atoms. The summed E-state index contributed by atoms with van der Waals surface area (Å²) in [7, 11) is 0. The molecular weight excluding hydrogens is 461 g/mol. The van der Waals surface area contributed by atoms with Gasteiger partial charge in [-0.05, 0) is 54.6 Å². The predicted octanol–water partition coefficient (Wildman–Crippen LogP) is 5.59. The van der Waals surface area contributed by atoms with Crippen LogP contribution in [0.3, 0.4) is 0 Å². The number of hydrogen-bond acceptors (Lipinski definition) is 3. The van der Waals surface area contributed by atoms with Crippen LogP contribution in [0.25, 0.3) is 10.9 Å². The Kier molecular flexibility index (Phi) is 7.32. The summed E-state index contributed by atoms with van der Waals surface area (Å²) in [6, 6.07) is 20.4. The van der Waals surface area contributed by atoms with Gasteiger partial charge in [-0.2, -0.15) is 0 Å². The van der Waals surface area contributed by atoms with Crippen LogP contribution in [0.15, 0.2) is 83.9 Å². The Bertz CT molecular complexity index is 1270. The van der Waals surface area contributed by atoms with E-state index in [0.717, 1.165) is 15.8 Å². The highest BCUT2D eigenvalue weighted by Gasteiger charge is 2.12. The largest absolute Gasteiger partial charge is 0.350 e. The zero-order chi connectivity index (χ0) is 23.2. The molecule has 5 nitrogen and oxygen atoms in total. The van der Waals surface area contributed by atoms with Crippen molar-refractivity contribution in [2.45, 2.75) is 11.4 Å². The topological polar surface area (TPSA) is 63.1 Å². The summed E-state index contributed by atoms with van der Waals surface area (Å²) in [5, 5.41) is 7.32. The van der Waals surface area contributed by atoms with Crippen LogP contribution < -0.4 is 10.6 Å². The van der Waals surface area contributed by atoms with Gasteiger partial charge >= 0.3 is 0 Å². The second-order valence-corrected chi connectivity index (χ2v) is 8.76. The summed E-state index contributed by atoms with van der Waals surface area (Å²) in [4.78, 5) is 25.6. The second kappa shape index (κ2) is 10.6. The molecule has 4 aromatic rings. The lowest BCUT2D eigenvalue weighted by Gasteiger charge is -2.08. The number of aromatic nitrogens is 1. The number of halogens is 2. The van der Waals surface area contributed by atoms with Crippen LogP contribution in [-0.4, -0.2) is 28.7 Å². The van der Waals surface area contributed by atoms with Crippen molar-refractivity contribution >= 4 is 51.8 Å². The molecule has 0 saturated heterocycles. The molecule has 8 heteroatoms. The molecule has 0 aliphatic heterocycles. The first-order valence-electron chi connectivity index (χ1n) is 10.3. The van der Waals surface area contributed by atoms with Gasteiger partial charge in [0.15, 0.2) is 0 Å². The fourth-order valence-electron chi connectivity index (χ4n) is 3.38. The Hall–Kier alpha value is -3.29. The third-order valence-electron chi connectivity index (χ3n) is 4.98. The number of carbonyl (C=O) groups excluding carboxylic acids is 2. The van der Waals surface area contributed by atoms with Gasteiger partial charge in [0.2, 0.25) is 5.91 Å². The van der Waals surface area contributed by atoms with Crippen LogP contribution in [0.2, 0.25) is 5.02 Å². The summed E-state index contributed by atoms with van der Waals surface area (Å²) in [5.41, 5.74) is 2.14. The number of thioether (sulfide) groups is 1. The normalized spacial score (nSPS) is 10.8. The number of carbonyl (C=O) groups is 2. The zero-order valence-corrected chi connectivity index (χ0v) is 19.1. The van der Waals surface area contributed by atoms with Gasteiger partial charge in [0.05, 0.1) is 5.75 Å². The average Bonchev–Trinajstić information content (AvgIpc) is 3.17. The van der Waals surface area contributed by atoms with E-state index in [1.54, 1.807) is 24.3 Å². The van der Waals surface area contributed by atoms with Crippen molar-refractivity contribution in [3.8, 4) is 0 Å². The molecule has 1 aromatic heterocycles. The van der Waals surface area contributed by atoms with Gasteiger partial charge in [0.1, 0.15) is 5.82 Å². The number of benzene rings is 3. The predicted molar refractivity (Wildman–Crippen MR) is 131 cm³/mol. The molecule has 168 valence electrons. The van der Waals surface area contributed by atoms with Crippen LogP contribution in [0.4, 0.5) is 10.1 Å². The molecule has 0 saturated carbocycles. The summed E-state index contributed by atoms with van der Waals surface area (Å²) in [5.74, 6) is -0.452. The van der Waals surface area contributed by atoms with E-state index >= 15 is 0 Å². The molecule has 0 aliphatic carbocycles. The van der Waals surface area contributed by atoms with Gasteiger partial charge in [0.25, 0.3) is 5.91 Å². The number of para-hydroxylation sites is 1. The highest BCUT2D eigenvalue weighted by molar-refractivity contribution is 8.00. The molecule has 0 fully saturated rings. The molecule has 0 atom stereocenters. The number of rotatable bonds is 8. The fraction of sp³-hybridized carbons (Fsp3) is 0.120.